The van der Waals surface area contributed by atoms with Crippen molar-refractivity contribution in [3.05, 3.63) is 99.8 Å². The van der Waals surface area contributed by atoms with Crippen LogP contribution in [0, 0.1) is 5.82 Å². The van der Waals surface area contributed by atoms with E-state index in [9.17, 15) is 14.0 Å². The van der Waals surface area contributed by atoms with E-state index in [2.05, 4.69) is 42.0 Å². The molecule has 0 aliphatic carbocycles. The van der Waals surface area contributed by atoms with Gasteiger partial charge in [-0.3, -0.25) is 9.59 Å². The van der Waals surface area contributed by atoms with Crippen LogP contribution in [0.3, 0.4) is 0 Å². The Morgan fingerprint density at radius 1 is 1.03 bits per heavy atom. The molecule has 3 aromatic carbocycles. The fraction of sp³-hybridized carbons (Fsp3) is 0.375. The minimum Gasteiger partial charge on any atom is -0.483 e. The minimum absolute atomic E-state index is 0.0406. The Balaban J connectivity index is 1.93. The fourth-order valence-corrected chi connectivity index (χ4v) is 4.61. The van der Waals surface area contributed by atoms with Gasteiger partial charge in [0, 0.05) is 24.6 Å². The number of rotatable bonds is 11. The predicted molar refractivity (Wildman–Crippen MR) is 157 cm³/mol. The SMILES string of the molecule is CC[C@H](C)NC(=O)[C@@H](Cc1ccccc1)N(Cc1ccccc1F)C(=O)COc1ccc(C(C)(C)C)cc1Br. The van der Waals surface area contributed by atoms with Crippen LogP contribution in [0.1, 0.15) is 57.7 Å². The summed E-state index contributed by atoms with van der Waals surface area (Å²) in [5.74, 6) is -0.609. The minimum atomic E-state index is -0.858. The third-order valence-electron chi connectivity index (χ3n) is 6.72. The second-order valence-corrected chi connectivity index (χ2v) is 11.7. The van der Waals surface area contributed by atoms with E-state index in [1.807, 2.05) is 62.4 Å². The third kappa shape index (κ3) is 8.65. The van der Waals surface area contributed by atoms with Gasteiger partial charge in [0.15, 0.2) is 6.61 Å². The van der Waals surface area contributed by atoms with Crippen LogP contribution in [0.5, 0.6) is 5.75 Å². The summed E-state index contributed by atoms with van der Waals surface area (Å²) < 4.78 is 21.4. The summed E-state index contributed by atoms with van der Waals surface area (Å²) in [6.45, 7) is 9.90. The highest BCUT2D eigenvalue weighted by Gasteiger charge is 2.32. The third-order valence-corrected chi connectivity index (χ3v) is 7.34. The van der Waals surface area contributed by atoms with Crippen LogP contribution < -0.4 is 10.1 Å². The molecule has 0 radical (unpaired) electrons. The molecule has 39 heavy (non-hydrogen) atoms. The summed E-state index contributed by atoms with van der Waals surface area (Å²) >= 11 is 3.56. The van der Waals surface area contributed by atoms with E-state index in [4.69, 9.17) is 4.74 Å². The first-order valence-corrected chi connectivity index (χ1v) is 14.1. The van der Waals surface area contributed by atoms with Crippen LogP contribution >= 0.6 is 15.9 Å². The summed E-state index contributed by atoms with van der Waals surface area (Å²) in [6.07, 6.45) is 1.03. The van der Waals surface area contributed by atoms with E-state index in [0.29, 0.717) is 11.3 Å². The Labute approximate surface area is 239 Å². The number of carbonyl (C=O) groups is 2. The van der Waals surface area contributed by atoms with Crippen molar-refractivity contribution >= 4 is 27.7 Å². The zero-order valence-electron chi connectivity index (χ0n) is 23.3. The highest BCUT2D eigenvalue weighted by atomic mass is 79.9. The van der Waals surface area contributed by atoms with Gasteiger partial charge in [0.1, 0.15) is 17.6 Å². The zero-order valence-corrected chi connectivity index (χ0v) is 24.9. The molecule has 208 valence electrons. The molecule has 0 unspecified atom stereocenters. The van der Waals surface area contributed by atoms with Crippen molar-refractivity contribution in [1.29, 1.82) is 0 Å². The van der Waals surface area contributed by atoms with Gasteiger partial charge in [-0.2, -0.15) is 0 Å². The molecule has 7 heteroatoms. The summed E-state index contributed by atoms with van der Waals surface area (Å²) in [5, 5.41) is 3.01. The Kier molecular flexibility index (Phi) is 10.7. The van der Waals surface area contributed by atoms with Crippen LogP contribution in [-0.4, -0.2) is 35.4 Å². The van der Waals surface area contributed by atoms with Gasteiger partial charge in [-0.25, -0.2) is 4.39 Å². The van der Waals surface area contributed by atoms with E-state index in [1.165, 1.54) is 11.0 Å². The lowest BCUT2D eigenvalue weighted by Gasteiger charge is -2.32. The van der Waals surface area contributed by atoms with Crippen molar-refractivity contribution in [2.45, 2.75) is 71.5 Å². The maximum atomic E-state index is 14.7. The van der Waals surface area contributed by atoms with Gasteiger partial charge in [0.2, 0.25) is 5.91 Å². The van der Waals surface area contributed by atoms with E-state index >= 15 is 0 Å². The van der Waals surface area contributed by atoms with Crippen LogP contribution in [0.15, 0.2) is 77.3 Å². The van der Waals surface area contributed by atoms with Crippen molar-refractivity contribution in [2.24, 2.45) is 0 Å². The van der Waals surface area contributed by atoms with Crippen LogP contribution in [0.4, 0.5) is 4.39 Å². The highest BCUT2D eigenvalue weighted by molar-refractivity contribution is 9.10. The van der Waals surface area contributed by atoms with Crippen molar-refractivity contribution < 1.29 is 18.7 Å². The number of carbonyl (C=O) groups excluding carboxylic acids is 2. The molecular formula is C32H38BrFN2O3. The quantitative estimate of drug-likeness (QED) is 0.264. The van der Waals surface area contributed by atoms with Gasteiger partial charge in [-0.05, 0) is 64.0 Å². The van der Waals surface area contributed by atoms with Gasteiger partial charge in [-0.1, -0.05) is 82.3 Å². The Hall–Kier alpha value is -3.19. The number of halogens is 2. The number of nitrogens with zero attached hydrogens (tertiary/aromatic N) is 1. The molecule has 0 aromatic heterocycles. The van der Waals surface area contributed by atoms with E-state index < -0.39 is 17.8 Å². The van der Waals surface area contributed by atoms with Crippen LogP contribution in [0.2, 0.25) is 0 Å². The molecule has 2 atom stereocenters. The zero-order chi connectivity index (χ0) is 28.6. The first-order valence-electron chi connectivity index (χ1n) is 13.3. The molecule has 1 N–H and O–H groups in total. The number of nitrogens with one attached hydrogen (secondary N) is 1. The second kappa shape index (κ2) is 13.7. The number of ether oxygens (including phenoxy) is 1. The topological polar surface area (TPSA) is 58.6 Å². The number of hydrogen-bond acceptors (Lipinski definition) is 3. The molecule has 0 aliphatic heterocycles. The Bertz CT molecular complexity index is 1260. The van der Waals surface area contributed by atoms with E-state index in [-0.39, 0.29) is 36.9 Å². The first-order chi connectivity index (χ1) is 18.5. The smallest absolute Gasteiger partial charge is 0.261 e. The molecule has 0 spiro atoms. The van der Waals surface area contributed by atoms with Gasteiger partial charge in [0.25, 0.3) is 5.91 Å². The van der Waals surface area contributed by atoms with Gasteiger partial charge < -0.3 is 15.0 Å². The largest absolute Gasteiger partial charge is 0.483 e. The van der Waals surface area contributed by atoms with Crippen molar-refractivity contribution in [2.75, 3.05) is 6.61 Å². The van der Waals surface area contributed by atoms with Gasteiger partial charge in [-0.15, -0.1) is 0 Å². The lowest BCUT2D eigenvalue weighted by atomic mass is 9.87. The summed E-state index contributed by atoms with van der Waals surface area (Å²) in [7, 11) is 0. The van der Waals surface area contributed by atoms with E-state index in [0.717, 1.165) is 22.0 Å². The number of amides is 2. The monoisotopic (exact) mass is 596 g/mol. The van der Waals surface area contributed by atoms with Gasteiger partial charge >= 0.3 is 0 Å². The van der Waals surface area contributed by atoms with Crippen LogP contribution in [-0.2, 0) is 28.0 Å². The van der Waals surface area contributed by atoms with Crippen molar-refractivity contribution in [3.8, 4) is 5.75 Å². The lowest BCUT2D eigenvalue weighted by molar-refractivity contribution is -0.143. The molecule has 5 nitrogen and oxygen atoms in total. The lowest BCUT2D eigenvalue weighted by Crippen LogP contribution is -2.53. The molecular weight excluding hydrogens is 559 g/mol. The second-order valence-electron chi connectivity index (χ2n) is 10.8. The molecule has 0 heterocycles. The fourth-order valence-electron chi connectivity index (χ4n) is 4.11. The summed E-state index contributed by atoms with van der Waals surface area (Å²) in [4.78, 5) is 28.7. The predicted octanol–water partition coefficient (Wildman–Crippen LogP) is 6.82. The maximum Gasteiger partial charge on any atom is 0.261 e. The summed E-state index contributed by atoms with van der Waals surface area (Å²) in [6, 6.07) is 20.7. The van der Waals surface area contributed by atoms with Crippen molar-refractivity contribution in [1.82, 2.24) is 10.2 Å². The summed E-state index contributed by atoms with van der Waals surface area (Å²) in [5.41, 5.74) is 2.31. The molecule has 2 amide bonds. The van der Waals surface area contributed by atoms with E-state index in [1.54, 1.807) is 18.2 Å². The molecule has 3 rings (SSSR count). The molecule has 0 fully saturated rings. The highest BCUT2D eigenvalue weighted by Crippen LogP contribution is 2.31. The van der Waals surface area contributed by atoms with Gasteiger partial charge in [0.05, 0.1) is 4.47 Å². The van der Waals surface area contributed by atoms with Crippen molar-refractivity contribution in [3.63, 3.8) is 0 Å². The maximum absolute atomic E-state index is 14.7. The number of hydrogen-bond donors (Lipinski definition) is 1. The molecule has 0 aliphatic rings. The molecule has 3 aromatic rings. The van der Waals surface area contributed by atoms with Crippen LogP contribution in [0.25, 0.3) is 0 Å². The Morgan fingerprint density at radius 3 is 2.31 bits per heavy atom. The number of benzene rings is 3. The normalized spacial score (nSPS) is 12.9. The average Bonchev–Trinajstić information content (AvgIpc) is 2.90. The first kappa shape index (κ1) is 30.4. The molecule has 0 saturated carbocycles. The standard InChI is InChI=1S/C32H38BrFN2O3/c1-6-22(2)35-31(38)28(18-23-12-8-7-9-13-23)36(20-24-14-10-11-15-27(24)34)30(37)21-39-29-17-16-25(19-26(29)33)32(3,4)5/h7-17,19,22,28H,6,18,20-21H2,1-5H3,(H,35,38)/t22-,28+/m0/s1. The Morgan fingerprint density at radius 2 is 1.69 bits per heavy atom. The molecule has 0 saturated heterocycles. The molecule has 0 bridgehead atoms. The average molecular weight is 598 g/mol.